The number of aromatic nitrogens is 2. The average molecular weight is 391 g/mol. The van der Waals surface area contributed by atoms with Crippen LogP contribution >= 0.6 is 0 Å². The van der Waals surface area contributed by atoms with Gasteiger partial charge in [0.2, 0.25) is 5.95 Å². The average Bonchev–Trinajstić information content (AvgIpc) is 2.74. The molecule has 0 saturated carbocycles. The summed E-state index contributed by atoms with van der Waals surface area (Å²) in [5.41, 5.74) is 3.28. The van der Waals surface area contributed by atoms with Gasteiger partial charge in [0.15, 0.2) is 0 Å². The molecule has 0 bridgehead atoms. The van der Waals surface area contributed by atoms with Crippen LogP contribution in [0.2, 0.25) is 0 Å². The van der Waals surface area contributed by atoms with Crippen LogP contribution in [-0.4, -0.2) is 41.0 Å². The third kappa shape index (κ3) is 5.29. The van der Waals surface area contributed by atoms with Crippen LogP contribution in [0.4, 0.5) is 16.2 Å². The van der Waals surface area contributed by atoms with Gasteiger partial charge in [0.1, 0.15) is 11.6 Å². The van der Waals surface area contributed by atoms with Crippen molar-refractivity contribution in [1.82, 2.24) is 14.9 Å². The molecule has 4 rings (SSSR count). The summed E-state index contributed by atoms with van der Waals surface area (Å²) >= 11 is 0. The molecule has 1 aliphatic rings. The van der Waals surface area contributed by atoms with Crippen molar-refractivity contribution in [2.45, 2.75) is 20.0 Å². The number of piperazine rings is 1. The van der Waals surface area contributed by atoms with Crippen LogP contribution in [0.3, 0.4) is 0 Å². The summed E-state index contributed by atoms with van der Waals surface area (Å²) in [6.07, 6.45) is 0. The Morgan fingerprint density at radius 3 is 2.34 bits per heavy atom. The third-order valence-electron chi connectivity index (χ3n) is 5.15. The molecule has 3 aromatic rings. The SMILES string of the molecule is Cc1cc(N2CCN(Cc3ccccc3)CC2)nc(NCc2ccc(F)cc2)n1. The topological polar surface area (TPSA) is 44.3 Å². The van der Waals surface area contributed by atoms with E-state index in [1.807, 2.05) is 13.0 Å². The predicted octanol–water partition coefficient (Wildman–Crippen LogP) is 3.86. The Morgan fingerprint density at radius 2 is 1.62 bits per heavy atom. The molecule has 0 aliphatic carbocycles. The maximum absolute atomic E-state index is 13.1. The molecular formula is C23H26FN5. The van der Waals surface area contributed by atoms with E-state index in [2.05, 4.69) is 50.4 Å². The molecule has 6 heteroatoms. The van der Waals surface area contributed by atoms with Gasteiger partial charge in [-0.05, 0) is 30.2 Å². The lowest BCUT2D eigenvalue weighted by Gasteiger charge is -2.35. The smallest absolute Gasteiger partial charge is 0.225 e. The summed E-state index contributed by atoms with van der Waals surface area (Å²) < 4.78 is 13.1. The van der Waals surface area contributed by atoms with Gasteiger partial charge in [-0.1, -0.05) is 42.5 Å². The second-order valence-corrected chi connectivity index (χ2v) is 7.42. The Balaban J connectivity index is 1.35. The Hall–Kier alpha value is -2.99. The van der Waals surface area contributed by atoms with Crippen molar-refractivity contribution in [2.75, 3.05) is 36.4 Å². The Kier molecular flexibility index (Phi) is 6.00. The number of hydrogen-bond donors (Lipinski definition) is 1. The van der Waals surface area contributed by atoms with E-state index in [1.54, 1.807) is 12.1 Å². The van der Waals surface area contributed by atoms with Gasteiger partial charge in [0, 0.05) is 51.0 Å². The Morgan fingerprint density at radius 1 is 0.897 bits per heavy atom. The quantitative estimate of drug-likeness (QED) is 0.691. The highest BCUT2D eigenvalue weighted by molar-refractivity contribution is 5.45. The molecule has 1 fully saturated rings. The number of rotatable bonds is 6. The number of anilines is 2. The van der Waals surface area contributed by atoms with Crippen molar-refractivity contribution >= 4 is 11.8 Å². The molecule has 0 atom stereocenters. The van der Waals surface area contributed by atoms with E-state index in [-0.39, 0.29) is 5.82 Å². The van der Waals surface area contributed by atoms with E-state index in [4.69, 9.17) is 4.98 Å². The minimum absolute atomic E-state index is 0.228. The summed E-state index contributed by atoms with van der Waals surface area (Å²) in [5.74, 6) is 1.34. The number of halogens is 1. The molecule has 1 N–H and O–H groups in total. The molecule has 2 heterocycles. The molecule has 150 valence electrons. The lowest BCUT2D eigenvalue weighted by atomic mass is 10.2. The highest BCUT2D eigenvalue weighted by Gasteiger charge is 2.19. The minimum Gasteiger partial charge on any atom is -0.354 e. The fourth-order valence-electron chi connectivity index (χ4n) is 3.55. The van der Waals surface area contributed by atoms with Gasteiger partial charge in [-0.2, -0.15) is 4.98 Å². The molecular weight excluding hydrogens is 365 g/mol. The summed E-state index contributed by atoms with van der Waals surface area (Å²) in [6.45, 7) is 7.45. The molecule has 1 aliphatic heterocycles. The first kappa shape index (κ1) is 19.3. The normalized spacial score (nSPS) is 14.8. The predicted molar refractivity (Wildman–Crippen MR) is 114 cm³/mol. The van der Waals surface area contributed by atoms with Crippen LogP contribution in [0.1, 0.15) is 16.8 Å². The summed E-state index contributed by atoms with van der Waals surface area (Å²) in [5, 5.41) is 3.26. The molecule has 0 spiro atoms. The number of benzene rings is 2. The zero-order chi connectivity index (χ0) is 20.1. The zero-order valence-electron chi connectivity index (χ0n) is 16.7. The van der Waals surface area contributed by atoms with Crippen LogP contribution < -0.4 is 10.2 Å². The molecule has 2 aromatic carbocycles. The van der Waals surface area contributed by atoms with Crippen molar-refractivity contribution in [3.63, 3.8) is 0 Å². The number of aryl methyl sites for hydroxylation is 1. The van der Waals surface area contributed by atoms with E-state index >= 15 is 0 Å². The molecule has 0 radical (unpaired) electrons. The van der Waals surface area contributed by atoms with Crippen molar-refractivity contribution in [2.24, 2.45) is 0 Å². The van der Waals surface area contributed by atoms with E-state index in [9.17, 15) is 4.39 Å². The Labute approximate surface area is 171 Å². The summed E-state index contributed by atoms with van der Waals surface area (Å²) in [6, 6.07) is 19.1. The van der Waals surface area contributed by atoms with Gasteiger partial charge in [-0.15, -0.1) is 0 Å². The monoisotopic (exact) mass is 391 g/mol. The summed E-state index contributed by atoms with van der Waals surface area (Å²) in [4.78, 5) is 14.0. The van der Waals surface area contributed by atoms with Gasteiger partial charge >= 0.3 is 0 Å². The molecule has 29 heavy (non-hydrogen) atoms. The molecule has 0 unspecified atom stereocenters. The van der Waals surface area contributed by atoms with E-state index in [0.717, 1.165) is 49.8 Å². The fraction of sp³-hybridized carbons (Fsp3) is 0.304. The largest absolute Gasteiger partial charge is 0.354 e. The molecule has 1 saturated heterocycles. The van der Waals surface area contributed by atoms with Gasteiger partial charge in [-0.25, -0.2) is 9.37 Å². The highest BCUT2D eigenvalue weighted by Crippen LogP contribution is 2.18. The molecule has 5 nitrogen and oxygen atoms in total. The maximum atomic E-state index is 13.1. The lowest BCUT2D eigenvalue weighted by Crippen LogP contribution is -2.46. The van der Waals surface area contributed by atoms with Gasteiger partial charge in [0.25, 0.3) is 0 Å². The third-order valence-corrected chi connectivity index (χ3v) is 5.15. The van der Waals surface area contributed by atoms with Crippen LogP contribution in [-0.2, 0) is 13.1 Å². The van der Waals surface area contributed by atoms with Crippen LogP contribution in [0.5, 0.6) is 0 Å². The fourth-order valence-corrected chi connectivity index (χ4v) is 3.55. The first-order valence-electron chi connectivity index (χ1n) is 10.0. The first-order valence-corrected chi connectivity index (χ1v) is 10.0. The van der Waals surface area contributed by atoms with Gasteiger partial charge < -0.3 is 10.2 Å². The number of nitrogens with one attached hydrogen (secondary N) is 1. The van der Waals surface area contributed by atoms with Crippen molar-refractivity contribution < 1.29 is 4.39 Å². The van der Waals surface area contributed by atoms with Crippen molar-refractivity contribution in [3.05, 3.63) is 83.3 Å². The van der Waals surface area contributed by atoms with E-state index in [1.165, 1.54) is 17.7 Å². The second-order valence-electron chi connectivity index (χ2n) is 7.42. The van der Waals surface area contributed by atoms with E-state index in [0.29, 0.717) is 12.5 Å². The maximum Gasteiger partial charge on any atom is 0.225 e. The van der Waals surface area contributed by atoms with Crippen LogP contribution in [0.15, 0.2) is 60.7 Å². The van der Waals surface area contributed by atoms with Crippen LogP contribution in [0.25, 0.3) is 0 Å². The van der Waals surface area contributed by atoms with E-state index < -0.39 is 0 Å². The van der Waals surface area contributed by atoms with Crippen molar-refractivity contribution in [1.29, 1.82) is 0 Å². The molecule has 1 aromatic heterocycles. The Bertz CT molecular complexity index is 922. The highest BCUT2D eigenvalue weighted by atomic mass is 19.1. The summed E-state index contributed by atoms with van der Waals surface area (Å²) in [7, 11) is 0. The van der Waals surface area contributed by atoms with Crippen molar-refractivity contribution in [3.8, 4) is 0 Å². The first-order chi connectivity index (χ1) is 14.2. The molecule has 0 amide bonds. The minimum atomic E-state index is -0.228. The number of nitrogens with zero attached hydrogens (tertiary/aromatic N) is 4. The van der Waals surface area contributed by atoms with Gasteiger partial charge in [0.05, 0.1) is 0 Å². The zero-order valence-corrected chi connectivity index (χ0v) is 16.7. The van der Waals surface area contributed by atoms with Crippen LogP contribution in [0, 0.1) is 12.7 Å². The number of hydrogen-bond acceptors (Lipinski definition) is 5. The standard InChI is InChI=1S/C23H26FN5/c1-18-15-22(27-23(26-18)25-16-19-7-9-21(24)10-8-19)29-13-11-28(12-14-29)17-20-5-3-2-4-6-20/h2-10,15H,11-14,16-17H2,1H3,(H,25,26,27). The van der Waals surface area contributed by atoms with Gasteiger partial charge in [-0.3, -0.25) is 4.90 Å². The lowest BCUT2D eigenvalue weighted by molar-refractivity contribution is 0.249. The second kappa shape index (κ2) is 9.01.